The van der Waals surface area contributed by atoms with E-state index in [1.54, 1.807) is 0 Å². The molecule has 9 heavy (non-hydrogen) atoms. The van der Waals surface area contributed by atoms with Crippen LogP contribution in [0.5, 0.6) is 0 Å². The van der Waals surface area contributed by atoms with Crippen LogP contribution in [-0.2, 0) is 9.59 Å². The van der Waals surface area contributed by atoms with Crippen LogP contribution in [0.15, 0.2) is 0 Å². The monoisotopic (exact) mass is 170 g/mol. The maximum absolute atomic E-state index is 10.3. The second kappa shape index (κ2) is 3.69. The third-order valence-corrected chi connectivity index (χ3v) is 1.06. The average molecular weight is 171 g/mol. The highest BCUT2D eigenvalue weighted by Gasteiger charge is 2.14. The summed E-state index contributed by atoms with van der Waals surface area (Å²) in [6.07, 6.45) is -0.613. The highest BCUT2D eigenvalue weighted by atomic mass is 35.5. The third-order valence-electron chi connectivity index (χ3n) is 0.569. The molecule has 0 heterocycles. The van der Waals surface area contributed by atoms with Gasteiger partial charge >= 0.3 is 5.97 Å². The molecule has 5 heteroatoms. The highest BCUT2D eigenvalue weighted by molar-refractivity contribution is 6.54. The van der Waals surface area contributed by atoms with Crippen LogP contribution in [0.25, 0.3) is 0 Å². The predicted molar refractivity (Wildman–Crippen MR) is 32.8 cm³/mol. The van der Waals surface area contributed by atoms with E-state index in [1.807, 2.05) is 0 Å². The number of carbonyl (C=O) groups is 2. The molecule has 0 unspecified atom stereocenters. The van der Waals surface area contributed by atoms with Gasteiger partial charge in [0.15, 0.2) is 10.6 Å². The molecule has 0 rings (SSSR count). The lowest BCUT2D eigenvalue weighted by molar-refractivity contribution is -0.139. The van der Waals surface area contributed by atoms with Crippen molar-refractivity contribution in [2.45, 2.75) is 11.3 Å². The first-order valence-corrected chi connectivity index (χ1v) is 2.94. The van der Waals surface area contributed by atoms with Gasteiger partial charge in [0.1, 0.15) is 6.42 Å². The van der Waals surface area contributed by atoms with E-state index < -0.39 is 23.0 Å². The van der Waals surface area contributed by atoms with Crippen LogP contribution in [-0.4, -0.2) is 21.7 Å². The van der Waals surface area contributed by atoms with E-state index in [1.165, 1.54) is 0 Å². The Kier molecular flexibility index (Phi) is 3.58. The van der Waals surface area contributed by atoms with Gasteiger partial charge < -0.3 is 5.11 Å². The summed E-state index contributed by atoms with van der Waals surface area (Å²) in [6.45, 7) is 0. The van der Waals surface area contributed by atoms with Gasteiger partial charge in [0.2, 0.25) is 0 Å². The van der Waals surface area contributed by atoms with Gasteiger partial charge in [-0.3, -0.25) is 9.59 Å². The van der Waals surface area contributed by atoms with Crippen molar-refractivity contribution >= 4 is 35.0 Å². The number of aliphatic carboxylic acids is 1. The molecule has 0 amide bonds. The summed E-state index contributed by atoms with van der Waals surface area (Å²) in [5.41, 5.74) is 0. The molecule has 0 aliphatic heterocycles. The van der Waals surface area contributed by atoms with Crippen molar-refractivity contribution < 1.29 is 14.7 Å². The van der Waals surface area contributed by atoms with Gasteiger partial charge in [-0.2, -0.15) is 0 Å². The molecule has 0 atom stereocenters. The Morgan fingerprint density at radius 3 is 2.00 bits per heavy atom. The van der Waals surface area contributed by atoms with Crippen LogP contribution >= 0.6 is 23.2 Å². The van der Waals surface area contributed by atoms with Crippen molar-refractivity contribution in [3.8, 4) is 0 Å². The normalized spacial score (nSPS) is 9.67. The summed E-state index contributed by atoms with van der Waals surface area (Å²) >= 11 is 10.0. The Labute approximate surface area is 61.6 Å². The fourth-order valence-corrected chi connectivity index (χ4v) is 0.381. The minimum Gasteiger partial charge on any atom is -0.481 e. The fraction of sp³-hybridized carbons (Fsp3) is 0.500. The Morgan fingerprint density at radius 2 is 1.89 bits per heavy atom. The lowest BCUT2D eigenvalue weighted by atomic mass is 10.3. The summed E-state index contributed by atoms with van der Waals surface area (Å²) in [6, 6.07) is 0. The zero-order valence-electron chi connectivity index (χ0n) is 4.30. The minimum atomic E-state index is -1.22. The number of carboxylic acids is 1. The van der Waals surface area contributed by atoms with Crippen molar-refractivity contribution in [2.24, 2.45) is 0 Å². The van der Waals surface area contributed by atoms with Crippen molar-refractivity contribution in [1.29, 1.82) is 0 Å². The van der Waals surface area contributed by atoms with Gasteiger partial charge in [-0.1, -0.05) is 23.2 Å². The number of Topliss-reactive ketones (excluding diaryl/α,β-unsaturated/α-hetero) is 1. The number of hydrogen-bond acceptors (Lipinski definition) is 2. The molecule has 0 spiro atoms. The molecular formula is C4H4Cl2O3. The van der Waals surface area contributed by atoms with E-state index in [-0.39, 0.29) is 0 Å². The lowest BCUT2D eigenvalue weighted by Gasteiger charge is -1.93. The molecule has 0 aliphatic rings. The van der Waals surface area contributed by atoms with Crippen LogP contribution in [0.2, 0.25) is 0 Å². The quantitative estimate of drug-likeness (QED) is 0.505. The Morgan fingerprint density at radius 1 is 1.44 bits per heavy atom. The molecule has 0 saturated heterocycles. The first kappa shape index (κ1) is 8.72. The van der Waals surface area contributed by atoms with Crippen molar-refractivity contribution in [3.05, 3.63) is 0 Å². The fourth-order valence-electron chi connectivity index (χ4n) is 0.226. The van der Waals surface area contributed by atoms with Gasteiger partial charge in [-0.05, 0) is 0 Å². The molecular weight excluding hydrogens is 167 g/mol. The molecule has 52 valence electrons. The van der Waals surface area contributed by atoms with Crippen molar-refractivity contribution in [2.75, 3.05) is 0 Å². The number of carboxylic acid groups (broad SMARTS) is 1. The maximum Gasteiger partial charge on any atom is 0.310 e. The largest absolute Gasteiger partial charge is 0.481 e. The summed E-state index contributed by atoms with van der Waals surface area (Å²) < 4.78 is 0. The Hall–Kier alpha value is -0.280. The molecule has 1 N–H and O–H groups in total. The average Bonchev–Trinajstić information content (AvgIpc) is 1.63. The first-order chi connectivity index (χ1) is 4.04. The second-order valence-electron chi connectivity index (χ2n) is 1.34. The van der Waals surface area contributed by atoms with Crippen LogP contribution in [0.1, 0.15) is 6.42 Å². The van der Waals surface area contributed by atoms with E-state index in [0.29, 0.717) is 0 Å². The van der Waals surface area contributed by atoms with E-state index in [2.05, 4.69) is 0 Å². The van der Waals surface area contributed by atoms with Gasteiger partial charge in [0, 0.05) is 0 Å². The SMILES string of the molecule is O=C(O)CC(=O)C(Cl)Cl. The third kappa shape index (κ3) is 4.24. The zero-order chi connectivity index (χ0) is 7.44. The summed E-state index contributed by atoms with van der Waals surface area (Å²) in [7, 11) is 0. The van der Waals surface area contributed by atoms with E-state index in [4.69, 9.17) is 28.3 Å². The van der Waals surface area contributed by atoms with Crippen molar-refractivity contribution in [1.82, 2.24) is 0 Å². The standard InChI is InChI=1S/C4H4Cl2O3/c5-4(6)2(7)1-3(8)9/h4H,1H2,(H,8,9). The molecule has 0 aromatic rings. The molecule has 0 radical (unpaired) electrons. The number of rotatable bonds is 3. The molecule has 0 aromatic carbocycles. The molecule has 0 saturated carbocycles. The number of carbonyl (C=O) groups excluding carboxylic acids is 1. The van der Waals surface area contributed by atoms with E-state index in [9.17, 15) is 9.59 Å². The lowest BCUT2D eigenvalue weighted by Crippen LogP contribution is -2.12. The number of alkyl halides is 2. The molecule has 0 fully saturated rings. The first-order valence-electron chi connectivity index (χ1n) is 2.06. The smallest absolute Gasteiger partial charge is 0.310 e. The summed E-state index contributed by atoms with van der Waals surface area (Å²) in [4.78, 5) is 18.9. The Balaban J connectivity index is 3.64. The van der Waals surface area contributed by atoms with Gasteiger partial charge in [0.05, 0.1) is 0 Å². The van der Waals surface area contributed by atoms with Gasteiger partial charge in [-0.25, -0.2) is 0 Å². The van der Waals surface area contributed by atoms with Gasteiger partial charge in [-0.15, -0.1) is 0 Å². The van der Waals surface area contributed by atoms with E-state index in [0.717, 1.165) is 0 Å². The zero-order valence-corrected chi connectivity index (χ0v) is 5.82. The van der Waals surface area contributed by atoms with Crippen LogP contribution in [0.4, 0.5) is 0 Å². The second-order valence-corrected chi connectivity index (χ2v) is 2.43. The molecule has 3 nitrogen and oxygen atoms in total. The molecule has 0 aliphatic carbocycles. The summed E-state index contributed by atoms with van der Waals surface area (Å²) in [5, 5.41) is 7.99. The van der Waals surface area contributed by atoms with E-state index >= 15 is 0 Å². The number of ketones is 1. The summed E-state index contributed by atoms with van der Waals surface area (Å²) in [5.74, 6) is -1.91. The molecule has 0 aromatic heterocycles. The van der Waals surface area contributed by atoms with Crippen LogP contribution in [0, 0.1) is 0 Å². The van der Waals surface area contributed by atoms with Crippen LogP contribution in [0.3, 0.4) is 0 Å². The Bertz CT molecular complexity index is 132. The number of hydrogen-bond donors (Lipinski definition) is 1. The van der Waals surface area contributed by atoms with Crippen molar-refractivity contribution in [3.63, 3.8) is 0 Å². The minimum absolute atomic E-state index is 0.613. The van der Waals surface area contributed by atoms with Crippen LogP contribution < -0.4 is 0 Å². The number of halogens is 2. The topological polar surface area (TPSA) is 54.4 Å². The maximum atomic E-state index is 10.3. The predicted octanol–water partition coefficient (Wildman–Crippen LogP) is 0.834. The van der Waals surface area contributed by atoms with Gasteiger partial charge in [0.25, 0.3) is 0 Å². The highest BCUT2D eigenvalue weighted by Crippen LogP contribution is 2.04. The molecule has 0 bridgehead atoms.